The van der Waals surface area contributed by atoms with Crippen LogP contribution in [0.15, 0.2) is 23.9 Å². The molecule has 0 aromatic carbocycles. The van der Waals surface area contributed by atoms with Crippen LogP contribution >= 0.6 is 0 Å². The average molecular weight is 186 g/mol. The van der Waals surface area contributed by atoms with Gasteiger partial charge in [0.2, 0.25) is 0 Å². The molecule has 0 bridgehead atoms. The number of hydrogen-bond donors (Lipinski definition) is 0. The first-order valence-electron chi connectivity index (χ1n) is 3.84. The van der Waals surface area contributed by atoms with Crippen LogP contribution < -0.4 is 0 Å². The molecule has 1 unspecified atom stereocenters. The fourth-order valence-corrected chi connectivity index (χ4v) is 1.81. The zero-order chi connectivity index (χ0) is 9.14. The fourth-order valence-electron chi connectivity index (χ4n) is 0.983. The third-order valence-electron chi connectivity index (χ3n) is 1.92. The highest BCUT2D eigenvalue weighted by molar-refractivity contribution is 7.85. The van der Waals surface area contributed by atoms with Crippen LogP contribution in [0.1, 0.15) is 6.42 Å². The SMILES string of the molecule is C=C1N(C)CC/C=C\S(=O)N1C. The third-order valence-corrected chi connectivity index (χ3v) is 3.09. The van der Waals surface area contributed by atoms with Crippen LogP contribution in [-0.2, 0) is 11.0 Å². The maximum Gasteiger partial charge on any atom is 0.145 e. The minimum Gasteiger partial charge on any atom is -0.361 e. The zero-order valence-electron chi connectivity index (χ0n) is 7.49. The van der Waals surface area contributed by atoms with E-state index in [-0.39, 0.29) is 0 Å². The minimum atomic E-state index is -1.05. The van der Waals surface area contributed by atoms with E-state index < -0.39 is 11.0 Å². The average Bonchev–Trinajstić information content (AvgIpc) is 2.07. The van der Waals surface area contributed by atoms with Gasteiger partial charge in [-0.1, -0.05) is 12.7 Å². The highest BCUT2D eigenvalue weighted by Crippen LogP contribution is 2.11. The molecule has 12 heavy (non-hydrogen) atoms. The van der Waals surface area contributed by atoms with Crippen LogP contribution in [0.4, 0.5) is 0 Å². The van der Waals surface area contributed by atoms with E-state index >= 15 is 0 Å². The maximum absolute atomic E-state index is 11.4. The molecule has 0 N–H and O–H groups in total. The van der Waals surface area contributed by atoms with Gasteiger partial charge in [0.05, 0.1) is 0 Å². The molecule has 4 heteroatoms. The van der Waals surface area contributed by atoms with Gasteiger partial charge < -0.3 is 4.90 Å². The van der Waals surface area contributed by atoms with Crippen LogP contribution in [0.2, 0.25) is 0 Å². The van der Waals surface area contributed by atoms with Crippen molar-refractivity contribution in [1.82, 2.24) is 9.21 Å². The zero-order valence-corrected chi connectivity index (χ0v) is 8.30. The van der Waals surface area contributed by atoms with Crippen molar-refractivity contribution in [1.29, 1.82) is 0 Å². The molecule has 0 spiro atoms. The molecule has 0 aliphatic carbocycles. The van der Waals surface area contributed by atoms with Crippen molar-refractivity contribution in [3.05, 3.63) is 23.9 Å². The Morgan fingerprint density at radius 2 is 2.25 bits per heavy atom. The Bertz CT molecular complexity index is 237. The van der Waals surface area contributed by atoms with Gasteiger partial charge in [-0.15, -0.1) is 0 Å². The van der Waals surface area contributed by atoms with Gasteiger partial charge in [-0.2, -0.15) is 0 Å². The molecule has 1 atom stereocenters. The molecular formula is C8H14N2OS. The minimum absolute atomic E-state index is 0.803. The van der Waals surface area contributed by atoms with E-state index in [0.29, 0.717) is 0 Å². The lowest BCUT2D eigenvalue weighted by Gasteiger charge is -2.29. The van der Waals surface area contributed by atoms with Crippen molar-refractivity contribution in [3.63, 3.8) is 0 Å². The monoisotopic (exact) mass is 186 g/mol. The van der Waals surface area contributed by atoms with E-state index in [9.17, 15) is 4.21 Å². The lowest BCUT2D eigenvalue weighted by atomic mass is 10.4. The summed E-state index contributed by atoms with van der Waals surface area (Å²) in [6.07, 6.45) is 2.87. The molecular weight excluding hydrogens is 172 g/mol. The normalized spacial score (nSPS) is 28.2. The van der Waals surface area contributed by atoms with Crippen LogP contribution in [0.5, 0.6) is 0 Å². The second kappa shape index (κ2) is 3.76. The molecule has 0 fully saturated rings. The first-order valence-corrected chi connectivity index (χ1v) is 5.01. The fraction of sp³-hybridized carbons (Fsp3) is 0.500. The molecule has 0 amide bonds. The van der Waals surface area contributed by atoms with Gasteiger partial charge in [0, 0.05) is 26.0 Å². The van der Waals surface area contributed by atoms with Crippen LogP contribution in [-0.4, -0.2) is 34.1 Å². The summed E-state index contributed by atoms with van der Waals surface area (Å²) in [6.45, 7) is 4.78. The molecule has 0 aromatic rings. The maximum atomic E-state index is 11.4. The summed E-state index contributed by atoms with van der Waals surface area (Å²) < 4.78 is 13.0. The Labute approximate surface area is 75.9 Å². The van der Waals surface area contributed by atoms with Crippen molar-refractivity contribution in [2.75, 3.05) is 20.6 Å². The van der Waals surface area contributed by atoms with Crippen LogP contribution in [0, 0.1) is 0 Å². The lowest BCUT2D eigenvalue weighted by molar-refractivity contribution is 0.350. The second-order valence-electron chi connectivity index (χ2n) is 2.77. The van der Waals surface area contributed by atoms with E-state index in [4.69, 9.17) is 0 Å². The van der Waals surface area contributed by atoms with Gasteiger partial charge in [-0.3, -0.25) is 4.31 Å². The number of rotatable bonds is 0. The molecule has 1 aliphatic heterocycles. The number of hydrogen-bond acceptors (Lipinski definition) is 2. The Hall–Kier alpha value is -0.770. The summed E-state index contributed by atoms with van der Waals surface area (Å²) in [5.41, 5.74) is 0. The van der Waals surface area contributed by atoms with Crippen LogP contribution in [0.25, 0.3) is 0 Å². The predicted molar refractivity (Wildman–Crippen MR) is 51.4 cm³/mol. The largest absolute Gasteiger partial charge is 0.361 e. The second-order valence-corrected chi connectivity index (χ2v) is 4.14. The van der Waals surface area contributed by atoms with Gasteiger partial charge in [0.25, 0.3) is 0 Å². The molecule has 0 saturated carbocycles. The molecule has 0 aromatic heterocycles. The van der Waals surface area contributed by atoms with Gasteiger partial charge >= 0.3 is 0 Å². The quantitative estimate of drug-likeness (QED) is 0.561. The van der Waals surface area contributed by atoms with E-state index in [1.807, 2.05) is 18.0 Å². The summed E-state index contributed by atoms with van der Waals surface area (Å²) in [6, 6.07) is 0. The Morgan fingerprint density at radius 3 is 2.92 bits per heavy atom. The highest BCUT2D eigenvalue weighted by atomic mass is 32.2. The molecule has 3 nitrogen and oxygen atoms in total. The molecule has 0 radical (unpaired) electrons. The first kappa shape index (κ1) is 9.32. The van der Waals surface area contributed by atoms with Crippen molar-refractivity contribution in [2.45, 2.75) is 6.42 Å². The van der Waals surface area contributed by atoms with Crippen molar-refractivity contribution in [2.24, 2.45) is 0 Å². The van der Waals surface area contributed by atoms with E-state index in [1.165, 1.54) is 0 Å². The van der Waals surface area contributed by atoms with Crippen molar-refractivity contribution < 1.29 is 4.21 Å². The Morgan fingerprint density at radius 1 is 1.58 bits per heavy atom. The summed E-state index contributed by atoms with van der Waals surface area (Å²) in [7, 11) is 2.68. The summed E-state index contributed by atoms with van der Waals surface area (Å²) >= 11 is 0. The summed E-state index contributed by atoms with van der Waals surface area (Å²) in [5.74, 6) is 0.803. The van der Waals surface area contributed by atoms with Gasteiger partial charge in [0.15, 0.2) is 0 Å². The van der Waals surface area contributed by atoms with Crippen LogP contribution in [0.3, 0.4) is 0 Å². The number of nitrogens with zero attached hydrogens (tertiary/aromatic N) is 2. The standard InChI is InChI=1S/C8H14N2OS/c1-8-9(2)6-4-5-7-12(11)10(8)3/h5,7H,1,4,6H2,2-3H3/b7-5-. The molecule has 0 saturated heterocycles. The predicted octanol–water partition coefficient (Wildman–Crippen LogP) is 0.902. The van der Waals surface area contributed by atoms with Gasteiger partial charge in [0.1, 0.15) is 16.8 Å². The molecule has 1 rings (SSSR count). The Balaban J connectivity index is 2.82. The van der Waals surface area contributed by atoms with E-state index in [0.717, 1.165) is 18.8 Å². The van der Waals surface area contributed by atoms with Crippen molar-refractivity contribution in [3.8, 4) is 0 Å². The van der Waals surface area contributed by atoms with E-state index in [2.05, 4.69) is 6.58 Å². The topological polar surface area (TPSA) is 23.6 Å². The van der Waals surface area contributed by atoms with Gasteiger partial charge in [-0.05, 0) is 6.42 Å². The smallest absolute Gasteiger partial charge is 0.145 e. The Kier molecular flexibility index (Phi) is 2.92. The first-order chi connectivity index (χ1) is 5.63. The third kappa shape index (κ3) is 1.88. The van der Waals surface area contributed by atoms with Crippen molar-refractivity contribution >= 4 is 11.0 Å². The summed E-state index contributed by atoms with van der Waals surface area (Å²) in [5, 5.41) is 1.71. The van der Waals surface area contributed by atoms with Gasteiger partial charge in [-0.25, -0.2) is 4.21 Å². The molecule has 1 aliphatic rings. The lowest BCUT2D eigenvalue weighted by Crippen LogP contribution is -2.32. The molecule has 68 valence electrons. The molecule has 1 heterocycles. The van der Waals surface area contributed by atoms with E-state index in [1.54, 1.807) is 16.8 Å². The highest BCUT2D eigenvalue weighted by Gasteiger charge is 2.12. The summed E-state index contributed by atoms with van der Waals surface area (Å²) in [4.78, 5) is 2.00.